The molecule has 1 heterocycles. The number of halogens is 1. The highest BCUT2D eigenvalue weighted by atomic mass is 35.5. The third-order valence-electron chi connectivity index (χ3n) is 12.9. The maximum absolute atomic E-state index is 15.0. The van der Waals surface area contributed by atoms with Crippen LogP contribution in [0.3, 0.4) is 0 Å². The number of alkyl halides is 1. The Morgan fingerprint density at radius 2 is 1.61 bits per heavy atom. The lowest BCUT2D eigenvalue weighted by Gasteiger charge is -2.67. The summed E-state index contributed by atoms with van der Waals surface area (Å²) in [7, 11) is 0. The number of carbonyl (C=O) groups is 5. The van der Waals surface area contributed by atoms with Crippen LogP contribution in [0.4, 0.5) is 4.79 Å². The average Bonchev–Trinajstić information content (AvgIpc) is 3.18. The highest BCUT2D eigenvalue weighted by Crippen LogP contribution is 2.64. The van der Waals surface area contributed by atoms with Gasteiger partial charge in [-0.25, -0.2) is 14.4 Å². The molecule has 1 aliphatic heterocycles. The van der Waals surface area contributed by atoms with Gasteiger partial charge in [-0.1, -0.05) is 62.4 Å². The molecule has 11 atom stereocenters. The summed E-state index contributed by atoms with van der Waals surface area (Å²) < 4.78 is 29.5. The van der Waals surface area contributed by atoms with Crippen molar-refractivity contribution in [1.29, 1.82) is 0 Å². The molecule has 0 unspecified atom stereocenters. The summed E-state index contributed by atoms with van der Waals surface area (Å²) in [4.78, 5) is 69.1. The topological polar surface area (TPSA) is 224 Å². The number of nitrogens with one attached hydrogen (secondary N) is 1. The van der Waals surface area contributed by atoms with Gasteiger partial charge in [-0.3, -0.25) is 9.59 Å². The first-order valence-corrected chi connectivity index (χ1v) is 20.0. The second-order valence-electron chi connectivity index (χ2n) is 17.4. The van der Waals surface area contributed by atoms with Crippen LogP contribution in [0.2, 0.25) is 0 Å². The zero-order valence-corrected chi connectivity index (χ0v) is 34.7. The second kappa shape index (κ2) is 15.9. The fraction of sp³-hybridized carbons (Fsp3) is 0.558. The number of alkyl carbamates (subject to hydrolysis) is 1. The first-order valence-electron chi connectivity index (χ1n) is 19.5. The molecule has 2 saturated carbocycles. The average molecular weight is 842 g/mol. The lowest BCUT2D eigenvalue weighted by atomic mass is 9.44. The van der Waals surface area contributed by atoms with Crippen LogP contribution < -0.4 is 5.32 Å². The number of benzene rings is 2. The van der Waals surface area contributed by atoms with E-state index in [9.17, 15) is 44.4 Å². The van der Waals surface area contributed by atoms with E-state index >= 15 is 0 Å². The van der Waals surface area contributed by atoms with E-state index in [2.05, 4.69) is 5.32 Å². The molecule has 1 amide bonds. The fourth-order valence-electron chi connectivity index (χ4n) is 9.56. The monoisotopic (exact) mass is 841 g/mol. The summed E-state index contributed by atoms with van der Waals surface area (Å²) in [6, 6.07) is 14.5. The molecule has 2 aromatic rings. The first kappa shape index (κ1) is 44.2. The number of ketones is 1. The van der Waals surface area contributed by atoms with E-state index in [0.717, 1.165) is 6.92 Å². The molecule has 59 heavy (non-hydrogen) atoms. The van der Waals surface area contributed by atoms with E-state index < -0.39 is 112 Å². The summed E-state index contributed by atoms with van der Waals surface area (Å²) in [5, 5.41) is 51.6. The maximum Gasteiger partial charge on any atom is 0.408 e. The molecule has 1 saturated heterocycles. The number of aliphatic hydroxyl groups excluding tert-OH is 3. The summed E-state index contributed by atoms with van der Waals surface area (Å²) in [6.45, 7) is 9.95. The number of esters is 3. The molecule has 0 radical (unpaired) electrons. The number of carbonyl (C=O) groups excluding carboxylic acids is 5. The summed E-state index contributed by atoms with van der Waals surface area (Å²) in [5.74, 6) is -5.47. The number of ether oxygens (including phenoxy) is 5. The molecule has 320 valence electrons. The van der Waals surface area contributed by atoms with Crippen molar-refractivity contribution in [1.82, 2.24) is 5.32 Å². The van der Waals surface area contributed by atoms with Crippen LogP contribution >= 0.6 is 11.6 Å². The lowest BCUT2D eigenvalue weighted by Crippen LogP contribution is -2.81. The standard InChI is InChI=1S/C43H52ClNO14/c1-22-26(56-37(52)32(49)30(24-14-10-8-11-15-24)45-38(53)59-39(3,4)20-44)19-43(54)35(57-36(51)25-16-12-9-13-17-25)33-41(7,34(50)31(48)29(22)40(43,5)6)27(47)18-28-42(33,21-55-28)58-23(2)46/h8-17,26-28,30-33,35,47-49,54H,18-21H2,1-7H3,(H,45,53)/t26-,27-,28+,30-,31+,32+,33-,35-,41+,42-,43+/m0/s1. The number of Topliss-reactive ketones (excluding diaryl/α,β-unsaturated/α-hetero) is 1. The molecule has 4 aliphatic rings. The molecular formula is C43H52ClNO14. The van der Waals surface area contributed by atoms with E-state index in [4.69, 9.17) is 35.3 Å². The molecule has 3 fully saturated rings. The second-order valence-corrected chi connectivity index (χ2v) is 17.6. The highest BCUT2D eigenvalue weighted by Gasteiger charge is 2.78. The molecule has 2 aromatic carbocycles. The van der Waals surface area contributed by atoms with E-state index in [1.165, 1.54) is 39.8 Å². The summed E-state index contributed by atoms with van der Waals surface area (Å²) in [6.07, 6.45) is -11.7. The Hall–Kier alpha value is -4.38. The van der Waals surface area contributed by atoms with Crippen molar-refractivity contribution in [3.63, 3.8) is 0 Å². The smallest absolute Gasteiger partial charge is 0.408 e. The number of fused-ring (bicyclic) bond motifs is 5. The molecule has 3 aliphatic carbocycles. The van der Waals surface area contributed by atoms with Crippen molar-refractivity contribution in [2.24, 2.45) is 16.7 Å². The quantitative estimate of drug-likeness (QED) is 0.100. The van der Waals surface area contributed by atoms with Crippen LogP contribution in [0, 0.1) is 16.7 Å². The van der Waals surface area contributed by atoms with E-state index in [0.29, 0.717) is 5.56 Å². The summed E-state index contributed by atoms with van der Waals surface area (Å²) in [5.41, 5.74) is -8.43. The number of hydrogen-bond acceptors (Lipinski definition) is 14. The molecule has 0 spiro atoms. The van der Waals surface area contributed by atoms with Crippen molar-refractivity contribution >= 4 is 41.4 Å². The Kier molecular flexibility index (Phi) is 11.9. The fourth-order valence-corrected chi connectivity index (χ4v) is 9.61. The molecule has 6 rings (SSSR count). The molecule has 15 nitrogen and oxygen atoms in total. The van der Waals surface area contributed by atoms with Crippen molar-refractivity contribution in [3.05, 3.63) is 82.9 Å². The van der Waals surface area contributed by atoms with Gasteiger partial charge in [0.05, 0.1) is 41.5 Å². The Balaban J connectivity index is 1.48. The predicted octanol–water partition coefficient (Wildman–Crippen LogP) is 3.48. The van der Waals surface area contributed by atoms with Gasteiger partial charge < -0.3 is 49.4 Å². The first-order chi connectivity index (χ1) is 27.6. The van der Waals surface area contributed by atoms with Gasteiger partial charge in [-0.2, -0.15) is 0 Å². The normalized spacial score (nSPS) is 33.3. The zero-order valence-electron chi connectivity index (χ0n) is 34.0. The molecule has 0 aromatic heterocycles. The van der Waals surface area contributed by atoms with Crippen LogP contribution in [-0.2, 0) is 38.1 Å². The summed E-state index contributed by atoms with van der Waals surface area (Å²) >= 11 is 5.95. The Morgan fingerprint density at radius 3 is 2.17 bits per heavy atom. The van der Waals surface area contributed by atoms with Gasteiger partial charge in [0.15, 0.2) is 17.5 Å². The maximum atomic E-state index is 15.0. The zero-order chi connectivity index (χ0) is 43.5. The van der Waals surface area contributed by atoms with Crippen molar-refractivity contribution in [2.45, 2.75) is 121 Å². The van der Waals surface area contributed by atoms with Crippen LogP contribution in [0.1, 0.15) is 83.3 Å². The SMILES string of the molecule is CC(=O)O[C@@]12CO[C@@H]1C[C@H](O)[C@@]1(C)C(=O)[C@H](O)C3=C(C)[C@@H](OC(=O)[C@H](O)[C@@H](NC(=O)OC(C)(C)CCl)c4ccccc4)C[C@@](O)([C@@H](OC(=O)c4ccccc4)[C@H]21)C3(C)C. The molecule has 5 N–H and O–H groups in total. The van der Waals surface area contributed by atoms with Gasteiger partial charge in [0.2, 0.25) is 0 Å². The van der Waals surface area contributed by atoms with Crippen LogP contribution in [0.5, 0.6) is 0 Å². The Morgan fingerprint density at radius 1 is 1.00 bits per heavy atom. The van der Waals surface area contributed by atoms with Crippen LogP contribution in [0.15, 0.2) is 71.8 Å². The number of rotatable bonds is 10. The van der Waals surface area contributed by atoms with E-state index in [1.54, 1.807) is 62.4 Å². The minimum Gasteiger partial charge on any atom is -0.456 e. The van der Waals surface area contributed by atoms with Gasteiger partial charge in [-0.05, 0) is 56.5 Å². The van der Waals surface area contributed by atoms with E-state index in [-0.39, 0.29) is 35.6 Å². The molecule has 2 bridgehead atoms. The number of amides is 1. The van der Waals surface area contributed by atoms with Gasteiger partial charge in [-0.15, -0.1) is 11.6 Å². The Labute approximate surface area is 346 Å². The molecule has 16 heteroatoms. The van der Waals surface area contributed by atoms with Crippen molar-refractivity contribution < 1.29 is 68.1 Å². The number of hydrogen-bond donors (Lipinski definition) is 5. The van der Waals surface area contributed by atoms with Crippen molar-refractivity contribution in [2.75, 3.05) is 12.5 Å². The minimum atomic E-state index is -2.37. The van der Waals surface area contributed by atoms with Crippen molar-refractivity contribution in [3.8, 4) is 0 Å². The van der Waals surface area contributed by atoms with Crippen LogP contribution in [0.25, 0.3) is 0 Å². The Bertz CT molecular complexity index is 2010. The third kappa shape index (κ3) is 7.44. The lowest BCUT2D eigenvalue weighted by molar-refractivity contribution is -0.346. The predicted molar refractivity (Wildman–Crippen MR) is 209 cm³/mol. The van der Waals surface area contributed by atoms with Gasteiger partial charge in [0, 0.05) is 25.2 Å². The molecular weight excluding hydrogens is 790 g/mol. The third-order valence-corrected chi connectivity index (χ3v) is 13.5. The van der Waals surface area contributed by atoms with Gasteiger partial charge in [0.1, 0.15) is 35.6 Å². The minimum absolute atomic E-state index is 0.0550. The number of aliphatic hydroxyl groups is 4. The van der Waals surface area contributed by atoms with Gasteiger partial charge in [0.25, 0.3) is 0 Å². The largest absolute Gasteiger partial charge is 0.456 e. The van der Waals surface area contributed by atoms with E-state index in [1.807, 2.05) is 0 Å². The van der Waals surface area contributed by atoms with Crippen LogP contribution in [-0.4, -0.2) is 116 Å². The van der Waals surface area contributed by atoms with Gasteiger partial charge >= 0.3 is 24.0 Å². The highest BCUT2D eigenvalue weighted by molar-refractivity contribution is 6.18.